The highest BCUT2D eigenvalue weighted by Gasteiger charge is 2.24. The molecule has 0 bridgehead atoms. The van der Waals surface area contributed by atoms with Gasteiger partial charge in [-0.1, -0.05) is 13.8 Å². The lowest BCUT2D eigenvalue weighted by Gasteiger charge is -2.34. The zero-order valence-corrected chi connectivity index (χ0v) is 18.7. The minimum atomic E-state index is 0.0876. The van der Waals surface area contributed by atoms with E-state index < -0.39 is 0 Å². The lowest BCUT2D eigenvalue weighted by Crippen LogP contribution is -2.50. The van der Waals surface area contributed by atoms with Crippen molar-refractivity contribution in [2.75, 3.05) is 32.7 Å². The molecule has 1 aliphatic heterocycles. The molecular weight excluding hydrogens is 338 g/mol. The topological polar surface area (TPSA) is 60.0 Å². The summed E-state index contributed by atoms with van der Waals surface area (Å²) in [5.74, 6) is 1.27. The van der Waals surface area contributed by atoms with Gasteiger partial charge >= 0.3 is 0 Å². The molecule has 0 atom stereocenters. The van der Waals surface area contributed by atoms with Gasteiger partial charge in [-0.05, 0) is 53.9 Å². The molecule has 27 heavy (non-hydrogen) atoms. The molecule has 0 aliphatic carbocycles. The summed E-state index contributed by atoms with van der Waals surface area (Å²) < 4.78 is 0. The predicted molar refractivity (Wildman–Crippen MR) is 115 cm³/mol. The number of piperidine rings is 1. The first-order valence-corrected chi connectivity index (χ1v) is 10.9. The number of rotatable bonds is 9. The number of aliphatic imine (C=N–C) groups is 1. The van der Waals surface area contributed by atoms with Crippen LogP contribution in [0.3, 0.4) is 0 Å². The summed E-state index contributed by atoms with van der Waals surface area (Å²) >= 11 is 0. The van der Waals surface area contributed by atoms with Gasteiger partial charge in [-0.2, -0.15) is 0 Å². The molecule has 1 aliphatic rings. The normalized spacial score (nSPS) is 16.7. The number of guanidine groups is 1. The van der Waals surface area contributed by atoms with E-state index in [2.05, 4.69) is 50.2 Å². The van der Waals surface area contributed by atoms with Crippen molar-refractivity contribution < 1.29 is 4.79 Å². The fourth-order valence-electron chi connectivity index (χ4n) is 3.68. The van der Waals surface area contributed by atoms with Crippen molar-refractivity contribution in [3.63, 3.8) is 0 Å². The number of carbonyl (C=O) groups is 1. The molecular formula is C21H43N5O. The number of carbonyl (C=O) groups excluding carboxylic acids is 1. The molecule has 1 amide bonds. The first-order chi connectivity index (χ1) is 12.8. The molecule has 0 saturated carbocycles. The summed E-state index contributed by atoms with van der Waals surface area (Å²) in [6.45, 7) is 19.5. The van der Waals surface area contributed by atoms with E-state index in [1.807, 2.05) is 18.7 Å². The second kappa shape index (κ2) is 12.2. The summed E-state index contributed by atoms with van der Waals surface area (Å²) in [5, 5.41) is 6.93. The number of likely N-dealkylation sites (tertiary alicyclic amines) is 1. The maximum Gasteiger partial charge on any atom is 0.225 e. The fourth-order valence-corrected chi connectivity index (χ4v) is 3.68. The van der Waals surface area contributed by atoms with E-state index in [0.717, 1.165) is 57.9 Å². The highest BCUT2D eigenvalue weighted by Crippen LogP contribution is 2.13. The van der Waals surface area contributed by atoms with Gasteiger partial charge in [0.1, 0.15) is 0 Å². The van der Waals surface area contributed by atoms with Gasteiger partial charge in [0.25, 0.3) is 0 Å². The Morgan fingerprint density at radius 3 is 2.19 bits per heavy atom. The minimum Gasteiger partial charge on any atom is -0.357 e. The molecule has 6 nitrogen and oxygen atoms in total. The van der Waals surface area contributed by atoms with Crippen LogP contribution in [0.1, 0.15) is 67.7 Å². The molecule has 0 aromatic heterocycles. The maximum atomic E-state index is 12.1. The second-order valence-electron chi connectivity index (χ2n) is 8.44. The Balaban J connectivity index is 2.45. The third-order valence-electron chi connectivity index (χ3n) is 5.16. The number of nitrogens with one attached hydrogen (secondary N) is 2. The molecule has 0 aromatic carbocycles. The molecule has 2 N–H and O–H groups in total. The van der Waals surface area contributed by atoms with Gasteiger partial charge in [0, 0.05) is 56.8 Å². The van der Waals surface area contributed by atoms with Gasteiger partial charge in [-0.3, -0.25) is 14.7 Å². The van der Waals surface area contributed by atoms with Crippen molar-refractivity contribution in [3.05, 3.63) is 0 Å². The first kappa shape index (κ1) is 23.7. The fraction of sp³-hybridized carbons (Fsp3) is 0.905. The van der Waals surface area contributed by atoms with E-state index in [0.29, 0.717) is 18.1 Å². The van der Waals surface area contributed by atoms with Crippen molar-refractivity contribution >= 4 is 11.9 Å². The Hall–Kier alpha value is -1.30. The zero-order valence-electron chi connectivity index (χ0n) is 18.7. The van der Waals surface area contributed by atoms with E-state index in [4.69, 9.17) is 4.99 Å². The largest absolute Gasteiger partial charge is 0.357 e. The van der Waals surface area contributed by atoms with Gasteiger partial charge < -0.3 is 15.5 Å². The van der Waals surface area contributed by atoms with E-state index in [9.17, 15) is 4.79 Å². The molecule has 6 heteroatoms. The smallest absolute Gasteiger partial charge is 0.225 e. The van der Waals surface area contributed by atoms with Crippen molar-refractivity contribution in [2.45, 2.75) is 85.9 Å². The average Bonchev–Trinajstić information content (AvgIpc) is 2.60. The summed E-state index contributed by atoms with van der Waals surface area (Å²) in [4.78, 5) is 21.4. The molecule has 1 heterocycles. The Bertz CT molecular complexity index is 445. The average molecular weight is 382 g/mol. The molecule has 1 saturated heterocycles. The monoisotopic (exact) mass is 381 g/mol. The van der Waals surface area contributed by atoms with Crippen LogP contribution < -0.4 is 10.6 Å². The summed E-state index contributed by atoms with van der Waals surface area (Å²) in [6, 6.07) is 1.53. The van der Waals surface area contributed by atoms with Crippen LogP contribution in [0.5, 0.6) is 0 Å². The molecule has 0 aromatic rings. The standard InChI is InChI=1S/C21H43N5O/c1-8-22-21(23-12-9-13-26(17(4)5)18(6)7)24-19-10-14-25(15-11-19)20(27)16(2)3/h16-19H,8-15H2,1-7H3,(H2,22,23,24). The van der Waals surface area contributed by atoms with Gasteiger partial charge in [0.15, 0.2) is 5.96 Å². The lowest BCUT2D eigenvalue weighted by molar-refractivity contribution is -0.135. The van der Waals surface area contributed by atoms with Crippen LogP contribution in [0.15, 0.2) is 4.99 Å². The minimum absolute atomic E-state index is 0.0876. The van der Waals surface area contributed by atoms with E-state index in [-0.39, 0.29) is 11.8 Å². The first-order valence-electron chi connectivity index (χ1n) is 10.9. The van der Waals surface area contributed by atoms with E-state index >= 15 is 0 Å². The van der Waals surface area contributed by atoms with Gasteiger partial charge in [0.05, 0.1) is 0 Å². The number of hydrogen-bond donors (Lipinski definition) is 2. The number of amides is 1. The maximum absolute atomic E-state index is 12.1. The van der Waals surface area contributed by atoms with Gasteiger partial charge in [-0.15, -0.1) is 0 Å². The molecule has 158 valence electrons. The lowest BCUT2D eigenvalue weighted by atomic mass is 10.0. The van der Waals surface area contributed by atoms with Crippen LogP contribution in [-0.2, 0) is 4.79 Å². The Morgan fingerprint density at radius 2 is 1.70 bits per heavy atom. The molecule has 0 radical (unpaired) electrons. The Labute approximate surface area is 167 Å². The van der Waals surface area contributed by atoms with Crippen LogP contribution in [-0.4, -0.2) is 72.5 Å². The third-order valence-corrected chi connectivity index (χ3v) is 5.16. The second-order valence-corrected chi connectivity index (χ2v) is 8.44. The molecule has 1 rings (SSSR count). The highest BCUT2D eigenvalue weighted by atomic mass is 16.2. The van der Waals surface area contributed by atoms with Gasteiger partial charge in [0.2, 0.25) is 5.91 Å². The van der Waals surface area contributed by atoms with Crippen LogP contribution in [0.4, 0.5) is 0 Å². The third kappa shape index (κ3) is 8.50. The molecule has 0 spiro atoms. The van der Waals surface area contributed by atoms with E-state index in [1.165, 1.54) is 0 Å². The quantitative estimate of drug-likeness (QED) is 0.366. The highest BCUT2D eigenvalue weighted by molar-refractivity contribution is 5.80. The summed E-state index contributed by atoms with van der Waals surface area (Å²) in [6.07, 6.45) is 3.03. The predicted octanol–water partition coefficient (Wildman–Crippen LogP) is 2.70. The summed E-state index contributed by atoms with van der Waals surface area (Å²) in [7, 11) is 0. The number of hydrogen-bond acceptors (Lipinski definition) is 3. The number of nitrogens with zero attached hydrogens (tertiary/aromatic N) is 3. The van der Waals surface area contributed by atoms with Gasteiger partial charge in [-0.25, -0.2) is 0 Å². The van der Waals surface area contributed by atoms with Crippen LogP contribution in [0.25, 0.3) is 0 Å². The Morgan fingerprint density at radius 1 is 1.11 bits per heavy atom. The Kier molecular flexibility index (Phi) is 10.7. The SMILES string of the molecule is CCNC(=NCCCN(C(C)C)C(C)C)NC1CCN(C(=O)C(C)C)CC1. The van der Waals surface area contributed by atoms with Crippen LogP contribution in [0.2, 0.25) is 0 Å². The van der Waals surface area contributed by atoms with Crippen LogP contribution in [0, 0.1) is 5.92 Å². The van der Waals surface area contributed by atoms with Crippen molar-refractivity contribution in [1.29, 1.82) is 0 Å². The van der Waals surface area contributed by atoms with Crippen LogP contribution >= 0.6 is 0 Å². The zero-order chi connectivity index (χ0) is 20.4. The van der Waals surface area contributed by atoms with Crippen molar-refractivity contribution in [3.8, 4) is 0 Å². The molecule has 0 unspecified atom stereocenters. The van der Waals surface area contributed by atoms with Crippen molar-refractivity contribution in [2.24, 2.45) is 10.9 Å². The molecule has 1 fully saturated rings. The van der Waals surface area contributed by atoms with E-state index in [1.54, 1.807) is 0 Å². The summed E-state index contributed by atoms with van der Waals surface area (Å²) in [5.41, 5.74) is 0. The van der Waals surface area contributed by atoms with Crippen molar-refractivity contribution in [1.82, 2.24) is 20.4 Å².